The topological polar surface area (TPSA) is 54.9 Å². The smallest absolute Gasteiger partial charge is 0.191 e. The zero-order valence-corrected chi connectivity index (χ0v) is 15.8. The van der Waals surface area contributed by atoms with E-state index in [4.69, 9.17) is 9.47 Å². The average molecular weight is 411 g/mol. The van der Waals surface area contributed by atoms with E-state index in [0.717, 1.165) is 25.5 Å². The summed E-state index contributed by atoms with van der Waals surface area (Å²) in [6.45, 7) is 9.46. The van der Waals surface area contributed by atoms with Gasteiger partial charge in [0.05, 0.1) is 31.4 Å². The molecule has 6 heteroatoms. The molecule has 2 N–H and O–H groups in total. The number of guanidine groups is 1. The highest BCUT2D eigenvalue weighted by atomic mass is 127. The molecule has 3 atom stereocenters. The highest BCUT2D eigenvalue weighted by Crippen LogP contribution is 2.34. The molecular weight excluding hydrogens is 381 g/mol. The van der Waals surface area contributed by atoms with Gasteiger partial charge in [-0.3, -0.25) is 4.99 Å². The van der Waals surface area contributed by atoms with Crippen LogP contribution in [0.2, 0.25) is 0 Å². The fraction of sp³-hybridized carbons (Fsp3) is 0.933. The Morgan fingerprint density at radius 2 is 2.19 bits per heavy atom. The maximum Gasteiger partial charge on any atom is 0.191 e. The van der Waals surface area contributed by atoms with Gasteiger partial charge in [-0.25, -0.2) is 0 Å². The summed E-state index contributed by atoms with van der Waals surface area (Å²) in [4.78, 5) is 4.57. The minimum absolute atomic E-state index is 0. The quantitative estimate of drug-likeness (QED) is 0.292. The first kappa shape index (κ1) is 19.0. The fourth-order valence-electron chi connectivity index (χ4n) is 2.83. The van der Waals surface area contributed by atoms with E-state index in [1.165, 1.54) is 12.8 Å². The number of hydrogen-bond donors (Lipinski definition) is 2. The van der Waals surface area contributed by atoms with Crippen molar-refractivity contribution in [3.05, 3.63) is 0 Å². The van der Waals surface area contributed by atoms with Gasteiger partial charge in [0.15, 0.2) is 5.96 Å². The summed E-state index contributed by atoms with van der Waals surface area (Å²) < 4.78 is 11.4. The molecule has 5 nitrogen and oxygen atoms in total. The lowest BCUT2D eigenvalue weighted by molar-refractivity contribution is 0.0992. The Hall–Kier alpha value is -0.0800. The number of halogens is 1. The number of fused-ring (bicyclic) bond motifs is 2. The molecule has 2 heterocycles. The maximum atomic E-state index is 5.86. The molecule has 0 aromatic carbocycles. The highest BCUT2D eigenvalue weighted by molar-refractivity contribution is 14.0. The Morgan fingerprint density at radius 1 is 1.38 bits per heavy atom. The summed E-state index contributed by atoms with van der Waals surface area (Å²) in [5.41, 5.74) is 0. The molecule has 0 amide bonds. The van der Waals surface area contributed by atoms with E-state index in [2.05, 4.69) is 36.4 Å². The molecule has 0 aromatic heterocycles. The van der Waals surface area contributed by atoms with Gasteiger partial charge in [-0.2, -0.15) is 0 Å². The number of nitrogens with zero attached hydrogens (tertiary/aromatic N) is 1. The Morgan fingerprint density at radius 3 is 2.76 bits per heavy atom. The van der Waals surface area contributed by atoms with Crippen LogP contribution in [0, 0.1) is 5.92 Å². The van der Waals surface area contributed by atoms with Crippen molar-refractivity contribution in [1.82, 2.24) is 10.6 Å². The van der Waals surface area contributed by atoms with Crippen LogP contribution in [0.4, 0.5) is 0 Å². The number of aliphatic imine (C=N–C) groups is 1. The number of hydrogen-bond acceptors (Lipinski definition) is 3. The molecule has 2 rings (SSSR count). The first-order valence-corrected chi connectivity index (χ1v) is 7.97. The van der Waals surface area contributed by atoms with Gasteiger partial charge in [0.2, 0.25) is 0 Å². The molecule has 21 heavy (non-hydrogen) atoms. The SMILES string of the molecule is CCNC(=NCCOCC(C)C)NC1CC2CCC1O2.I. The Labute approximate surface area is 145 Å². The molecule has 0 saturated carbocycles. The van der Waals surface area contributed by atoms with E-state index in [1.807, 2.05) is 0 Å². The van der Waals surface area contributed by atoms with Crippen molar-refractivity contribution in [3.8, 4) is 0 Å². The minimum atomic E-state index is 0. The minimum Gasteiger partial charge on any atom is -0.379 e. The van der Waals surface area contributed by atoms with Gasteiger partial charge in [0.1, 0.15) is 0 Å². The fourth-order valence-corrected chi connectivity index (χ4v) is 2.83. The zero-order chi connectivity index (χ0) is 14.4. The van der Waals surface area contributed by atoms with Gasteiger partial charge >= 0.3 is 0 Å². The molecule has 0 aliphatic carbocycles. The van der Waals surface area contributed by atoms with E-state index >= 15 is 0 Å². The zero-order valence-electron chi connectivity index (χ0n) is 13.4. The molecular formula is C15H30IN3O2. The van der Waals surface area contributed by atoms with Crippen LogP contribution in [0.1, 0.15) is 40.0 Å². The molecule has 0 spiro atoms. The Balaban J connectivity index is 0.00000220. The van der Waals surface area contributed by atoms with Crippen molar-refractivity contribution < 1.29 is 9.47 Å². The molecule has 2 saturated heterocycles. The third-order valence-electron chi connectivity index (χ3n) is 3.73. The number of ether oxygens (including phenoxy) is 2. The van der Waals surface area contributed by atoms with E-state index in [0.29, 0.717) is 37.3 Å². The lowest BCUT2D eigenvalue weighted by Gasteiger charge is -2.22. The molecule has 0 aromatic rings. The van der Waals surface area contributed by atoms with Crippen LogP contribution in [0.15, 0.2) is 4.99 Å². The van der Waals surface area contributed by atoms with Gasteiger partial charge in [-0.1, -0.05) is 13.8 Å². The summed E-state index contributed by atoms with van der Waals surface area (Å²) in [5, 5.41) is 6.80. The van der Waals surface area contributed by atoms with Crippen LogP contribution < -0.4 is 10.6 Å². The standard InChI is InChI=1S/C15H29N3O2.HI/c1-4-16-15(17-7-8-19-10-11(2)3)18-13-9-12-5-6-14(13)20-12;/h11-14H,4-10H2,1-3H3,(H2,16,17,18);1H. The van der Waals surface area contributed by atoms with Crippen molar-refractivity contribution in [1.29, 1.82) is 0 Å². The van der Waals surface area contributed by atoms with Crippen LogP contribution in [-0.2, 0) is 9.47 Å². The van der Waals surface area contributed by atoms with Gasteiger partial charge in [0, 0.05) is 13.2 Å². The highest BCUT2D eigenvalue weighted by Gasteiger charge is 2.41. The van der Waals surface area contributed by atoms with Crippen LogP contribution in [0.25, 0.3) is 0 Å². The second kappa shape index (κ2) is 9.84. The normalized spacial score (nSPS) is 27.8. The van der Waals surface area contributed by atoms with E-state index in [9.17, 15) is 0 Å². The summed E-state index contributed by atoms with van der Waals surface area (Å²) in [6.07, 6.45) is 4.35. The lowest BCUT2D eigenvalue weighted by atomic mass is 9.96. The molecule has 2 aliphatic rings. The van der Waals surface area contributed by atoms with E-state index < -0.39 is 0 Å². The second-order valence-corrected chi connectivity index (χ2v) is 6.09. The molecule has 0 radical (unpaired) electrons. The van der Waals surface area contributed by atoms with Gasteiger partial charge in [-0.15, -0.1) is 24.0 Å². The Kier molecular flexibility index (Phi) is 8.89. The largest absolute Gasteiger partial charge is 0.379 e. The van der Waals surface area contributed by atoms with Gasteiger partial charge in [0.25, 0.3) is 0 Å². The van der Waals surface area contributed by atoms with Crippen molar-refractivity contribution >= 4 is 29.9 Å². The van der Waals surface area contributed by atoms with Crippen LogP contribution in [0.5, 0.6) is 0 Å². The third kappa shape index (κ3) is 6.28. The summed E-state index contributed by atoms with van der Waals surface area (Å²) in [7, 11) is 0. The first-order valence-electron chi connectivity index (χ1n) is 7.97. The molecule has 2 bridgehead atoms. The Bertz CT molecular complexity index is 326. The predicted octanol–water partition coefficient (Wildman–Crippen LogP) is 2.15. The second-order valence-electron chi connectivity index (χ2n) is 6.09. The predicted molar refractivity (Wildman–Crippen MR) is 96.5 cm³/mol. The monoisotopic (exact) mass is 411 g/mol. The van der Waals surface area contributed by atoms with Crippen molar-refractivity contribution in [2.75, 3.05) is 26.3 Å². The van der Waals surface area contributed by atoms with Crippen LogP contribution >= 0.6 is 24.0 Å². The van der Waals surface area contributed by atoms with Crippen molar-refractivity contribution in [3.63, 3.8) is 0 Å². The summed E-state index contributed by atoms with van der Waals surface area (Å²) in [6, 6.07) is 0.420. The van der Waals surface area contributed by atoms with Crippen LogP contribution in [0.3, 0.4) is 0 Å². The molecule has 3 unspecified atom stereocenters. The molecule has 2 fully saturated rings. The van der Waals surface area contributed by atoms with E-state index in [-0.39, 0.29) is 24.0 Å². The third-order valence-corrected chi connectivity index (χ3v) is 3.73. The molecule has 124 valence electrons. The van der Waals surface area contributed by atoms with Crippen LogP contribution in [-0.4, -0.2) is 50.5 Å². The van der Waals surface area contributed by atoms with Gasteiger partial charge < -0.3 is 20.1 Å². The van der Waals surface area contributed by atoms with Gasteiger partial charge in [-0.05, 0) is 32.1 Å². The summed E-state index contributed by atoms with van der Waals surface area (Å²) in [5.74, 6) is 1.47. The van der Waals surface area contributed by atoms with E-state index in [1.54, 1.807) is 0 Å². The summed E-state index contributed by atoms with van der Waals surface area (Å²) >= 11 is 0. The van der Waals surface area contributed by atoms with Crippen molar-refractivity contribution in [2.45, 2.75) is 58.3 Å². The maximum absolute atomic E-state index is 5.86. The average Bonchev–Trinajstić information content (AvgIpc) is 3.00. The number of nitrogens with one attached hydrogen (secondary N) is 2. The lowest BCUT2D eigenvalue weighted by Crippen LogP contribution is -2.47. The molecule has 2 aliphatic heterocycles. The number of rotatable bonds is 7. The van der Waals surface area contributed by atoms with Crippen molar-refractivity contribution in [2.24, 2.45) is 10.9 Å². The first-order chi connectivity index (χ1) is 9.69.